The summed E-state index contributed by atoms with van der Waals surface area (Å²) in [6.07, 6.45) is 1.72. The van der Waals surface area contributed by atoms with Crippen LogP contribution in [0.3, 0.4) is 0 Å². The van der Waals surface area contributed by atoms with E-state index in [-0.39, 0.29) is 0 Å². The highest BCUT2D eigenvalue weighted by molar-refractivity contribution is 9.10. The SMILES string of the molecule is O=Cc1cccc2[nH]c(Cc3ccccc3Br)cc12. The number of halogens is 1. The first kappa shape index (κ1) is 12.2. The van der Waals surface area contributed by atoms with E-state index in [1.807, 2.05) is 36.4 Å². The van der Waals surface area contributed by atoms with Gasteiger partial charge in [0.2, 0.25) is 0 Å². The number of fused-ring (bicyclic) bond motifs is 1. The summed E-state index contributed by atoms with van der Waals surface area (Å²) >= 11 is 3.56. The predicted molar refractivity (Wildman–Crippen MR) is 80.6 cm³/mol. The van der Waals surface area contributed by atoms with Crippen molar-refractivity contribution in [2.45, 2.75) is 6.42 Å². The number of rotatable bonds is 3. The smallest absolute Gasteiger partial charge is 0.150 e. The molecule has 3 aromatic rings. The fraction of sp³-hybridized carbons (Fsp3) is 0.0625. The van der Waals surface area contributed by atoms with Crippen LogP contribution in [0.5, 0.6) is 0 Å². The molecule has 0 atom stereocenters. The summed E-state index contributed by atoms with van der Waals surface area (Å²) in [7, 11) is 0. The number of aromatic amines is 1. The van der Waals surface area contributed by atoms with Crippen LogP contribution in [-0.4, -0.2) is 11.3 Å². The van der Waals surface area contributed by atoms with E-state index in [0.717, 1.165) is 39.3 Å². The minimum Gasteiger partial charge on any atom is -0.358 e. The van der Waals surface area contributed by atoms with Gasteiger partial charge in [-0.25, -0.2) is 0 Å². The topological polar surface area (TPSA) is 32.9 Å². The van der Waals surface area contributed by atoms with Crippen LogP contribution in [0.25, 0.3) is 10.9 Å². The average Bonchev–Trinajstić information content (AvgIpc) is 2.83. The number of hydrogen-bond acceptors (Lipinski definition) is 1. The third-order valence-electron chi connectivity index (χ3n) is 3.22. The van der Waals surface area contributed by atoms with Crippen molar-refractivity contribution < 1.29 is 4.79 Å². The lowest BCUT2D eigenvalue weighted by Crippen LogP contribution is -1.88. The monoisotopic (exact) mass is 313 g/mol. The summed E-state index contributed by atoms with van der Waals surface area (Å²) in [6, 6.07) is 15.9. The minimum absolute atomic E-state index is 0.729. The van der Waals surface area contributed by atoms with Crippen molar-refractivity contribution in [3.05, 3.63) is 69.8 Å². The van der Waals surface area contributed by atoms with Crippen molar-refractivity contribution in [2.75, 3.05) is 0 Å². The Bertz CT molecular complexity index is 745. The summed E-state index contributed by atoms with van der Waals surface area (Å²) in [5.41, 5.74) is 4.07. The molecule has 1 N–H and O–H groups in total. The molecule has 0 radical (unpaired) electrons. The van der Waals surface area contributed by atoms with Gasteiger partial charge in [0.15, 0.2) is 6.29 Å². The van der Waals surface area contributed by atoms with Gasteiger partial charge in [-0.2, -0.15) is 0 Å². The Morgan fingerprint density at radius 3 is 2.74 bits per heavy atom. The molecule has 0 aliphatic rings. The number of aromatic nitrogens is 1. The van der Waals surface area contributed by atoms with E-state index in [2.05, 4.69) is 33.0 Å². The van der Waals surface area contributed by atoms with Gasteiger partial charge in [-0.1, -0.05) is 46.3 Å². The Morgan fingerprint density at radius 1 is 1.11 bits per heavy atom. The van der Waals surface area contributed by atoms with E-state index < -0.39 is 0 Å². The number of carbonyl (C=O) groups is 1. The molecule has 0 fully saturated rings. The van der Waals surface area contributed by atoms with Crippen LogP contribution in [-0.2, 0) is 6.42 Å². The average molecular weight is 314 g/mol. The predicted octanol–water partition coefficient (Wildman–Crippen LogP) is 4.33. The number of hydrogen-bond donors (Lipinski definition) is 1. The summed E-state index contributed by atoms with van der Waals surface area (Å²) in [6.45, 7) is 0. The molecule has 3 heteroatoms. The van der Waals surface area contributed by atoms with Crippen molar-refractivity contribution in [3.63, 3.8) is 0 Å². The fourth-order valence-electron chi connectivity index (χ4n) is 2.28. The van der Waals surface area contributed by atoms with Gasteiger partial charge in [-0.05, 0) is 23.8 Å². The van der Waals surface area contributed by atoms with E-state index in [1.165, 1.54) is 5.56 Å². The number of carbonyl (C=O) groups excluding carboxylic acids is 1. The van der Waals surface area contributed by atoms with Crippen molar-refractivity contribution in [3.8, 4) is 0 Å². The molecule has 94 valence electrons. The molecule has 1 aromatic heterocycles. The molecule has 0 saturated carbocycles. The van der Waals surface area contributed by atoms with Gasteiger partial charge in [0.25, 0.3) is 0 Å². The number of benzene rings is 2. The lowest BCUT2D eigenvalue weighted by atomic mass is 10.1. The highest BCUT2D eigenvalue weighted by Gasteiger charge is 2.06. The maximum absolute atomic E-state index is 11.0. The summed E-state index contributed by atoms with van der Waals surface area (Å²) in [5, 5.41) is 0.986. The molecule has 0 spiro atoms. The van der Waals surface area contributed by atoms with Crippen molar-refractivity contribution in [2.24, 2.45) is 0 Å². The maximum atomic E-state index is 11.0. The summed E-state index contributed by atoms with van der Waals surface area (Å²) < 4.78 is 1.10. The Labute approximate surface area is 119 Å². The maximum Gasteiger partial charge on any atom is 0.150 e. The van der Waals surface area contributed by atoms with E-state index in [1.54, 1.807) is 0 Å². The van der Waals surface area contributed by atoms with E-state index in [4.69, 9.17) is 0 Å². The zero-order chi connectivity index (χ0) is 13.2. The van der Waals surface area contributed by atoms with Crippen molar-refractivity contribution in [1.29, 1.82) is 0 Å². The molecule has 1 heterocycles. The number of nitrogens with one attached hydrogen (secondary N) is 1. The highest BCUT2D eigenvalue weighted by atomic mass is 79.9. The Morgan fingerprint density at radius 2 is 1.95 bits per heavy atom. The number of H-pyrrole nitrogens is 1. The summed E-state index contributed by atoms with van der Waals surface area (Å²) in [4.78, 5) is 14.4. The van der Waals surface area contributed by atoms with Crippen LogP contribution >= 0.6 is 15.9 Å². The first-order chi connectivity index (χ1) is 9.28. The van der Waals surface area contributed by atoms with Crippen molar-refractivity contribution >= 4 is 33.1 Å². The molecule has 0 aliphatic heterocycles. The lowest BCUT2D eigenvalue weighted by molar-refractivity contribution is 0.112. The molecule has 2 nitrogen and oxygen atoms in total. The molecule has 0 aliphatic carbocycles. The van der Waals surface area contributed by atoms with E-state index in [9.17, 15) is 4.79 Å². The molecular weight excluding hydrogens is 302 g/mol. The highest BCUT2D eigenvalue weighted by Crippen LogP contribution is 2.23. The fourth-order valence-corrected chi connectivity index (χ4v) is 2.71. The quantitative estimate of drug-likeness (QED) is 0.717. The molecule has 0 bridgehead atoms. The zero-order valence-corrected chi connectivity index (χ0v) is 11.8. The standard InChI is InChI=1S/C16H12BrNO/c17-15-6-2-1-4-11(15)8-13-9-14-12(10-19)5-3-7-16(14)18-13/h1-7,9-10,18H,8H2. The van der Waals surface area contributed by atoms with Crippen LogP contribution in [0.15, 0.2) is 53.0 Å². The first-order valence-corrected chi connectivity index (χ1v) is 6.86. The zero-order valence-electron chi connectivity index (χ0n) is 10.2. The largest absolute Gasteiger partial charge is 0.358 e. The Balaban J connectivity index is 2.03. The van der Waals surface area contributed by atoms with Crippen LogP contribution in [0.4, 0.5) is 0 Å². The molecule has 2 aromatic carbocycles. The molecular formula is C16H12BrNO. The van der Waals surface area contributed by atoms with Gasteiger partial charge in [-0.15, -0.1) is 0 Å². The van der Waals surface area contributed by atoms with Crippen LogP contribution in [0.2, 0.25) is 0 Å². The van der Waals surface area contributed by atoms with Crippen LogP contribution in [0.1, 0.15) is 21.6 Å². The van der Waals surface area contributed by atoms with Crippen LogP contribution in [0, 0.1) is 0 Å². The van der Waals surface area contributed by atoms with Gasteiger partial charge < -0.3 is 4.98 Å². The van der Waals surface area contributed by atoms with Gasteiger partial charge in [0.1, 0.15) is 0 Å². The van der Waals surface area contributed by atoms with Gasteiger partial charge in [-0.3, -0.25) is 4.79 Å². The van der Waals surface area contributed by atoms with E-state index >= 15 is 0 Å². The van der Waals surface area contributed by atoms with Gasteiger partial charge in [0, 0.05) is 33.1 Å². The van der Waals surface area contributed by atoms with Crippen LogP contribution < -0.4 is 0 Å². The number of aldehydes is 1. The Hall–Kier alpha value is -1.87. The van der Waals surface area contributed by atoms with Crippen molar-refractivity contribution in [1.82, 2.24) is 4.98 Å². The van der Waals surface area contributed by atoms with Gasteiger partial charge >= 0.3 is 0 Å². The molecule has 3 rings (SSSR count). The summed E-state index contributed by atoms with van der Waals surface area (Å²) in [5.74, 6) is 0. The molecule has 19 heavy (non-hydrogen) atoms. The Kier molecular flexibility index (Phi) is 3.22. The first-order valence-electron chi connectivity index (χ1n) is 6.07. The molecule has 0 amide bonds. The van der Waals surface area contributed by atoms with E-state index in [0.29, 0.717) is 0 Å². The second-order valence-corrected chi connectivity index (χ2v) is 5.34. The second kappa shape index (κ2) is 5.02. The molecule has 0 saturated heterocycles. The normalized spacial score (nSPS) is 10.8. The third kappa shape index (κ3) is 2.34. The van der Waals surface area contributed by atoms with Gasteiger partial charge in [0.05, 0.1) is 0 Å². The lowest BCUT2D eigenvalue weighted by Gasteiger charge is -2.01. The molecule has 0 unspecified atom stereocenters. The second-order valence-electron chi connectivity index (χ2n) is 4.49. The third-order valence-corrected chi connectivity index (χ3v) is 3.99. The minimum atomic E-state index is 0.729.